The number of anilines is 1. The van der Waals surface area contributed by atoms with Crippen LogP contribution < -0.4 is 11.1 Å². The summed E-state index contributed by atoms with van der Waals surface area (Å²) >= 11 is 0. The molecule has 4 aromatic rings. The van der Waals surface area contributed by atoms with Crippen molar-refractivity contribution in [2.45, 2.75) is 12.5 Å². The van der Waals surface area contributed by atoms with Gasteiger partial charge in [-0.3, -0.25) is 9.97 Å². The van der Waals surface area contributed by atoms with Gasteiger partial charge in [0, 0.05) is 42.1 Å². The lowest BCUT2D eigenvalue weighted by atomic mass is 10.1. The maximum atomic E-state index is 6.04. The molecule has 4 rings (SSSR count). The quantitative estimate of drug-likeness (QED) is 0.552. The van der Waals surface area contributed by atoms with Crippen molar-refractivity contribution in [2.24, 2.45) is 5.73 Å². The highest BCUT2D eigenvalue weighted by Crippen LogP contribution is 2.24. The first-order valence-corrected chi connectivity index (χ1v) is 8.86. The molecule has 1 aromatic carbocycles. The number of aromatic nitrogens is 4. The Kier molecular flexibility index (Phi) is 4.98. The van der Waals surface area contributed by atoms with Crippen molar-refractivity contribution in [1.29, 1.82) is 0 Å². The predicted octanol–water partition coefficient (Wildman–Crippen LogP) is 3.07. The molecular weight excluding hydrogens is 336 g/mol. The fourth-order valence-electron chi connectivity index (χ4n) is 3.01. The highest BCUT2D eigenvalue weighted by molar-refractivity contribution is 5.90. The van der Waals surface area contributed by atoms with Crippen LogP contribution in [-0.4, -0.2) is 32.5 Å². The topological polar surface area (TPSA) is 89.6 Å². The van der Waals surface area contributed by atoms with Crippen LogP contribution in [0.15, 0.2) is 73.3 Å². The molecule has 3 aromatic heterocycles. The van der Waals surface area contributed by atoms with Crippen molar-refractivity contribution in [3.05, 3.63) is 78.9 Å². The second-order valence-electron chi connectivity index (χ2n) is 6.29. The standard InChI is InChI=1S/C21H20N6/c22-13-17(12-15-4-2-1-3-5-15)25-21-18-8-11-24-14-19(18)26-20(27-21)16-6-9-23-10-7-16/h1-11,14,17H,12-13,22H2,(H,25,26,27). The first-order valence-electron chi connectivity index (χ1n) is 8.86. The Hall–Kier alpha value is -3.38. The van der Waals surface area contributed by atoms with E-state index >= 15 is 0 Å². The lowest BCUT2D eigenvalue weighted by Gasteiger charge is -2.19. The highest BCUT2D eigenvalue weighted by Gasteiger charge is 2.14. The van der Waals surface area contributed by atoms with Crippen molar-refractivity contribution in [1.82, 2.24) is 19.9 Å². The molecule has 6 heteroatoms. The maximum absolute atomic E-state index is 6.04. The smallest absolute Gasteiger partial charge is 0.162 e. The van der Waals surface area contributed by atoms with E-state index < -0.39 is 0 Å². The van der Waals surface area contributed by atoms with Crippen LogP contribution in [-0.2, 0) is 6.42 Å². The van der Waals surface area contributed by atoms with E-state index in [-0.39, 0.29) is 6.04 Å². The summed E-state index contributed by atoms with van der Waals surface area (Å²) in [7, 11) is 0. The molecule has 0 saturated heterocycles. The lowest BCUT2D eigenvalue weighted by molar-refractivity contribution is 0.721. The maximum Gasteiger partial charge on any atom is 0.162 e. The predicted molar refractivity (Wildman–Crippen MR) is 107 cm³/mol. The van der Waals surface area contributed by atoms with Crippen molar-refractivity contribution >= 4 is 16.7 Å². The van der Waals surface area contributed by atoms with E-state index in [1.165, 1.54) is 5.56 Å². The van der Waals surface area contributed by atoms with E-state index in [2.05, 4.69) is 32.4 Å². The van der Waals surface area contributed by atoms with Crippen LogP contribution in [0, 0.1) is 0 Å². The molecule has 1 atom stereocenters. The summed E-state index contributed by atoms with van der Waals surface area (Å²) in [6.45, 7) is 0.496. The minimum absolute atomic E-state index is 0.0592. The third-order valence-electron chi connectivity index (χ3n) is 4.39. The number of pyridine rings is 2. The minimum atomic E-state index is 0.0592. The van der Waals surface area contributed by atoms with Crippen LogP contribution in [0.1, 0.15) is 5.56 Å². The number of nitrogens with two attached hydrogens (primary N) is 1. The monoisotopic (exact) mass is 356 g/mol. The van der Waals surface area contributed by atoms with Gasteiger partial charge in [-0.15, -0.1) is 0 Å². The summed E-state index contributed by atoms with van der Waals surface area (Å²) in [6, 6.07) is 16.1. The molecule has 0 aliphatic heterocycles. The molecule has 3 N–H and O–H groups in total. The first kappa shape index (κ1) is 17.1. The average Bonchev–Trinajstić information content (AvgIpc) is 2.74. The molecule has 0 saturated carbocycles. The van der Waals surface area contributed by atoms with E-state index in [0.717, 1.165) is 28.7 Å². The van der Waals surface area contributed by atoms with Gasteiger partial charge in [-0.05, 0) is 30.2 Å². The highest BCUT2D eigenvalue weighted by atomic mass is 15.1. The van der Waals surface area contributed by atoms with Crippen molar-refractivity contribution in [3.63, 3.8) is 0 Å². The van der Waals surface area contributed by atoms with Gasteiger partial charge in [0.05, 0.1) is 11.7 Å². The molecular formula is C21H20N6. The van der Waals surface area contributed by atoms with E-state index in [9.17, 15) is 0 Å². The summed E-state index contributed by atoms with van der Waals surface area (Å²) in [5.41, 5.74) is 8.96. The van der Waals surface area contributed by atoms with Crippen molar-refractivity contribution in [3.8, 4) is 11.4 Å². The van der Waals surface area contributed by atoms with Gasteiger partial charge in [-0.25, -0.2) is 9.97 Å². The molecule has 0 aliphatic rings. The van der Waals surface area contributed by atoms with Crippen LogP contribution >= 0.6 is 0 Å². The van der Waals surface area contributed by atoms with E-state index in [1.54, 1.807) is 24.8 Å². The van der Waals surface area contributed by atoms with Crippen LogP contribution in [0.3, 0.4) is 0 Å². The number of hydrogen-bond acceptors (Lipinski definition) is 6. The van der Waals surface area contributed by atoms with E-state index in [1.807, 2.05) is 36.4 Å². The number of fused-ring (bicyclic) bond motifs is 1. The van der Waals surface area contributed by atoms with Gasteiger partial charge in [0.2, 0.25) is 0 Å². The zero-order chi connectivity index (χ0) is 18.5. The Morgan fingerprint density at radius 1 is 0.889 bits per heavy atom. The number of nitrogens with zero attached hydrogens (tertiary/aromatic N) is 4. The summed E-state index contributed by atoms with van der Waals surface area (Å²) in [6.07, 6.45) is 7.78. The van der Waals surface area contributed by atoms with Crippen LogP contribution in [0.5, 0.6) is 0 Å². The zero-order valence-electron chi connectivity index (χ0n) is 14.8. The summed E-state index contributed by atoms with van der Waals surface area (Å²) in [5.74, 6) is 1.40. The average molecular weight is 356 g/mol. The van der Waals surface area contributed by atoms with Gasteiger partial charge in [-0.1, -0.05) is 30.3 Å². The second-order valence-corrected chi connectivity index (χ2v) is 6.29. The number of hydrogen-bond donors (Lipinski definition) is 2. The van der Waals surface area contributed by atoms with E-state index in [0.29, 0.717) is 12.4 Å². The zero-order valence-corrected chi connectivity index (χ0v) is 14.8. The third kappa shape index (κ3) is 3.91. The molecule has 27 heavy (non-hydrogen) atoms. The molecule has 0 fully saturated rings. The third-order valence-corrected chi connectivity index (χ3v) is 4.39. The SMILES string of the molecule is NCC(Cc1ccccc1)Nc1nc(-c2ccncc2)nc2cnccc12. The molecule has 0 amide bonds. The summed E-state index contributed by atoms with van der Waals surface area (Å²) in [4.78, 5) is 17.7. The van der Waals surface area contributed by atoms with Gasteiger partial charge in [-0.2, -0.15) is 0 Å². The Morgan fingerprint density at radius 3 is 2.44 bits per heavy atom. The second kappa shape index (κ2) is 7.88. The molecule has 0 aliphatic carbocycles. The van der Waals surface area contributed by atoms with Crippen molar-refractivity contribution in [2.75, 3.05) is 11.9 Å². The number of benzene rings is 1. The molecule has 0 radical (unpaired) electrons. The number of nitrogens with one attached hydrogen (secondary N) is 1. The fraction of sp³-hybridized carbons (Fsp3) is 0.143. The van der Waals surface area contributed by atoms with Gasteiger partial charge < -0.3 is 11.1 Å². The van der Waals surface area contributed by atoms with Crippen LogP contribution in [0.4, 0.5) is 5.82 Å². The van der Waals surface area contributed by atoms with Crippen LogP contribution in [0.25, 0.3) is 22.3 Å². The molecule has 1 unspecified atom stereocenters. The largest absolute Gasteiger partial charge is 0.365 e. The fourth-order valence-corrected chi connectivity index (χ4v) is 3.01. The molecule has 0 spiro atoms. The molecule has 6 nitrogen and oxygen atoms in total. The Bertz CT molecular complexity index is 1020. The molecule has 134 valence electrons. The normalized spacial score (nSPS) is 12.0. The minimum Gasteiger partial charge on any atom is -0.365 e. The van der Waals surface area contributed by atoms with Crippen molar-refractivity contribution < 1.29 is 0 Å². The molecule has 3 heterocycles. The van der Waals surface area contributed by atoms with Gasteiger partial charge in [0.1, 0.15) is 5.82 Å². The summed E-state index contributed by atoms with van der Waals surface area (Å²) < 4.78 is 0. The summed E-state index contributed by atoms with van der Waals surface area (Å²) in [5, 5.41) is 4.44. The Labute approximate surface area is 157 Å². The first-order chi connectivity index (χ1) is 13.3. The molecule has 0 bridgehead atoms. The van der Waals surface area contributed by atoms with Gasteiger partial charge >= 0.3 is 0 Å². The van der Waals surface area contributed by atoms with Crippen LogP contribution in [0.2, 0.25) is 0 Å². The number of rotatable bonds is 6. The Morgan fingerprint density at radius 2 is 1.67 bits per heavy atom. The Balaban J connectivity index is 1.71. The van der Waals surface area contributed by atoms with Gasteiger partial charge in [0.15, 0.2) is 5.82 Å². The van der Waals surface area contributed by atoms with Gasteiger partial charge in [0.25, 0.3) is 0 Å². The lowest BCUT2D eigenvalue weighted by Crippen LogP contribution is -2.31. The van der Waals surface area contributed by atoms with E-state index in [4.69, 9.17) is 10.7 Å².